The average molecular weight is 498 g/mol. The zero-order chi connectivity index (χ0) is 22.3. The highest BCUT2D eigenvalue weighted by Gasteiger charge is 2.28. The first-order chi connectivity index (χ1) is 15.7. The van der Waals surface area contributed by atoms with Crippen LogP contribution in [0.5, 0.6) is 0 Å². The monoisotopic (exact) mass is 497 g/mol. The number of anilines is 1. The van der Waals surface area contributed by atoms with Gasteiger partial charge in [-0.3, -0.25) is 14.6 Å². The van der Waals surface area contributed by atoms with E-state index in [1.165, 1.54) is 30.4 Å². The van der Waals surface area contributed by atoms with Gasteiger partial charge in [0.05, 0.1) is 13.6 Å². The molecule has 1 unspecified atom stereocenters. The number of halogens is 1. The molecule has 2 aromatic carbocycles. The Balaban J connectivity index is 1.39. The number of amides is 1. The molecule has 2 aromatic rings. The Hall–Kier alpha value is -1.99. The summed E-state index contributed by atoms with van der Waals surface area (Å²) in [7, 11) is 2.01. The molecule has 170 valence electrons. The Morgan fingerprint density at radius 1 is 1.03 bits per heavy atom. The molecule has 0 aromatic heterocycles. The molecular formula is C26H34BrN4O+. The minimum Gasteiger partial charge on any atom is -0.321 e. The standard InChI is InChI=1S/C26H33BrN4O/c1-28-23(25(27)26(32)29-21-11-3-2-4-12-21)19-30-15-8-16-31(18-17-30)24-14-7-10-20-9-5-6-13-22(20)24/h2-6,9,11-13,24,28H,7-8,10,14-19H2,1H3,(H,29,32)/p+1/b25-23+. The number of hydrogen-bond acceptors (Lipinski definition) is 3. The summed E-state index contributed by atoms with van der Waals surface area (Å²) >= 11 is 3.57. The van der Waals surface area contributed by atoms with Gasteiger partial charge in [-0.1, -0.05) is 42.5 Å². The van der Waals surface area contributed by atoms with Gasteiger partial charge in [-0.15, -0.1) is 0 Å². The van der Waals surface area contributed by atoms with Gasteiger partial charge in [-0.2, -0.15) is 0 Å². The Morgan fingerprint density at radius 2 is 1.81 bits per heavy atom. The van der Waals surface area contributed by atoms with Gasteiger partial charge in [-0.25, -0.2) is 0 Å². The SMILES string of the molecule is C[NH2+]/C(CN1CCCN(C2CCCc3ccccc32)CC1)=C(/Br)C(=O)Nc1ccccc1. The maximum absolute atomic E-state index is 12.7. The molecule has 1 amide bonds. The molecule has 2 aliphatic rings. The molecule has 0 saturated carbocycles. The summed E-state index contributed by atoms with van der Waals surface area (Å²) in [6.45, 7) is 5.08. The van der Waals surface area contributed by atoms with Crippen molar-refractivity contribution in [1.29, 1.82) is 0 Å². The van der Waals surface area contributed by atoms with Crippen LogP contribution in [0.4, 0.5) is 5.69 Å². The van der Waals surface area contributed by atoms with Crippen molar-refractivity contribution >= 4 is 27.5 Å². The first-order valence-corrected chi connectivity index (χ1v) is 12.5. The van der Waals surface area contributed by atoms with Gasteiger partial charge in [0.25, 0.3) is 5.91 Å². The van der Waals surface area contributed by atoms with Crippen molar-refractivity contribution in [1.82, 2.24) is 9.80 Å². The number of fused-ring (bicyclic) bond motifs is 1. The molecular weight excluding hydrogens is 464 g/mol. The van der Waals surface area contributed by atoms with Gasteiger partial charge in [0.2, 0.25) is 0 Å². The van der Waals surface area contributed by atoms with E-state index in [0.717, 1.165) is 50.5 Å². The third-order valence-electron chi connectivity index (χ3n) is 6.66. The third-order valence-corrected chi connectivity index (χ3v) is 7.53. The number of quaternary nitrogens is 1. The third kappa shape index (κ3) is 5.67. The van der Waals surface area contributed by atoms with E-state index < -0.39 is 0 Å². The number of carbonyl (C=O) groups excluding carboxylic acids is 1. The first-order valence-electron chi connectivity index (χ1n) is 11.7. The first kappa shape index (κ1) is 23.2. The van der Waals surface area contributed by atoms with E-state index in [1.54, 1.807) is 0 Å². The van der Waals surface area contributed by atoms with Crippen LogP contribution in [0.15, 0.2) is 64.8 Å². The Bertz CT molecular complexity index is 946. The van der Waals surface area contributed by atoms with Gasteiger partial charge >= 0.3 is 0 Å². The predicted molar refractivity (Wildman–Crippen MR) is 134 cm³/mol. The lowest BCUT2D eigenvalue weighted by Gasteiger charge is -2.35. The molecule has 0 spiro atoms. The van der Waals surface area contributed by atoms with Crippen LogP contribution in [0, 0.1) is 0 Å². The molecule has 4 rings (SSSR count). The quantitative estimate of drug-likeness (QED) is 0.600. The van der Waals surface area contributed by atoms with Crippen molar-refractivity contribution in [2.75, 3.05) is 45.1 Å². The Labute approximate surface area is 200 Å². The minimum absolute atomic E-state index is 0.0976. The number of aryl methyl sites for hydroxylation is 1. The van der Waals surface area contributed by atoms with Crippen LogP contribution < -0.4 is 10.6 Å². The van der Waals surface area contributed by atoms with Gasteiger partial charge in [0.15, 0.2) is 0 Å². The molecule has 1 aliphatic carbocycles. The number of nitrogens with one attached hydrogen (secondary N) is 1. The van der Waals surface area contributed by atoms with Gasteiger partial charge in [-0.05, 0) is 71.4 Å². The number of hydrogen-bond donors (Lipinski definition) is 2. The summed E-state index contributed by atoms with van der Waals surface area (Å²) < 4.78 is 0.617. The zero-order valence-corrected chi connectivity index (χ0v) is 20.5. The zero-order valence-electron chi connectivity index (χ0n) is 18.9. The van der Waals surface area contributed by atoms with E-state index in [1.807, 2.05) is 37.4 Å². The van der Waals surface area contributed by atoms with Crippen molar-refractivity contribution in [3.05, 3.63) is 75.9 Å². The highest BCUT2D eigenvalue weighted by Crippen LogP contribution is 2.34. The Morgan fingerprint density at radius 3 is 2.62 bits per heavy atom. The van der Waals surface area contributed by atoms with Crippen LogP contribution in [0.2, 0.25) is 0 Å². The molecule has 3 N–H and O–H groups in total. The molecule has 1 fully saturated rings. The van der Waals surface area contributed by atoms with Crippen LogP contribution in [0.25, 0.3) is 0 Å². The summed E-state index contributed by atoms with van der Waals surface area (Å²) in [6, 6.07) is 19.1. The fourth-order valence-corrected chi connectivity index (χ4v) is 5.40. The molecule has 5 nitrogen and oxygen atoms in total. The maximum atomic E-state index is 12.7. The number of para-hydroxylation sites is 1. The van der Waals surface area contributed by atoms with Crippen molar-refractivity contribution in [2.24, 2.45) is 0 Å². The summed E-state index contributed by atoms with van der Waals surface area (Å²) in [6.07, 6.45) is 4.91. The van der Waals surface area contributed by atoms with Crippen LogP contribution in [-0.2, 0) is 11.2 Å². The predicted octanol–water partition coefficient (Wildman–Crippen LogP) is 3.51. The highest BCUT2D eigenvalue weighted by molar-refractivity contribution is 9.12. The Kier molecular flexibility index (Phi) is 8.14. The minimum atomic E-state index is -0.0976. The summed E-state index contributed by atoms with van der Waals surface area (Å²) in [5, 5.41) is 5.03. The summed E-state index contributed by atoms with van der Waals surface area (Å²) in [5.74, 6) is -0.0976. The largest absolute Gasteiger partial charge is 0.321 e. The van der Waals surface area contributed by atoms with Crippen LogP contribution in [0.1, 0.15) is 36.4 Å². The smallest absolute Gasteiger partial charge is 0.268 e. The second-order valence-corrected chi connectivity index (χ2v) is 9.51. The van der Waals surface area contributed by atoms with E-state index in [-0.39, 0.29) is 5.91 Å². The summed E-state index contributed by atoms with van der Waals surface area (Å²) in [5.41, 5.74) is 4.91. The maximum Gasteiger partial charge on any atom is 0.268 e. The molecule has 1 saturated heterocycles. The molecule has 32 heavy (non-hydrogen) atoms. The number of benzene rings is 2. The molecule has 1 atom stereocenters. The van der Waals surface area contributed by atoms with Gasteiger partial charge in [0.1, 0.15) is 10.2 Å². The number of rotatable bonds is 6. The normalized spacial score (nSPS) is 20.8. The van der Waals surface area contributed by atoms with Crippen molar-refractivity contribution in [3.8, 4) is 0 Å². The lowest BCUT2D eigenvalue weighted by molar-refractivity contribution is -0.578. The van der Waals surface area contributed by atoms with E-state index in [4.69, 9.17) is 0 Å². The van der Waals surface area contributed by atoms with E-state index in [0.29, 0.717) is 10.5 Å². The van der Waals surface area contributed by atoms with Crippen LogP contribution >= 0.6 is 15.9 Å². The molecule has 0 radical (unpaired) electrons. The topological polar surface area (TPSA) is 52.2 Å². The fourth-order valence-electron chi connectivity index (χ4n) is 4.95. The van der Waals surface area contributed by atoms with Crippen molar-refractivity contribution < 1.29 is 10.1 Å². The second kappa shape index (κ2) is 11.2. The van der Waals surface area contributed by atoms with E-state index >= 15 is 0 Å². The highest BCUT2D eigenvalue weighted by atomic mass is 79.9. The molecule has 1 heterocycles. The van der Waals surface area contributed by atoms with Gasteiger partial charge in [0, 0.05) is 31.4 Å². The van der Waals surface area contributed by atoms with Crippen molar-refractivity contribution in [3.63, 3.8) is 0 Å². The second-order valence-electron chi connectivity index (χ2n) is 8.72. The average Bonchev–Trinajstić information content (AvgIpc) is 3.08. The molecule has 6 heteroatoms. The number of nitrogens with two attached hydrogens (primary N) is 1. The van der Waals surface area contributed by atoms with E-state index in [9.17, 15) is 4.79 Å². The van der Waals surface area contributed by atoms with Crippen LogP contribution in [0.3, 0.4) is 0 Å². The van der Waals surface area contributed by atoms with Crippen LogP contribution in [-0.4, -0.2) is 55.5 Å². The number of nitrogens with zero attached hydrogens (tertiary/aromatic N) is 2. The van der Waals surface area contributed by atoms with Crippen molar-refractivity contribution in [2.45, 2.75) is 31.7 Å². The molecule has 1 aliphatic heterocycles. The van der Waals surface area contributed by atoms with Gasteiger partial charge < -0.3 is 10.6 Å². The summed E-state index contributed by atoms with van der Waals surface area (Å²) in [4.78, 5) is 17.9. The lowest BCUT2D eigenvalue weighted by atomic mass is 9.87. The number of likely N-dealkylation sites (N-methyl/N-ethyl adjacent to an activating group) is 1. The van der Waals surface area contributed by atoms with E-state index in [2.05, 4.69) is 60.6 Å². The lowest BCUT2D eigenvalue weighted by Crippen LogP contribution is -2.79. The fraction of sp³-hybridized carbons (Fsp3) is 0.423. The number of carbonyl (C=O) groups is 1. The molecule has 0 bridgehead atoms.